The summed E-state index contributed by atoms with van der Waals surface area (Å²) in [6, 6.07) is 8.29. The second-order valence-corrected chi connectivity index (χ2v) is 11.5. The van der Waals surface area contributed by atoms with Crippen molar-refractivity contribution in [3.8, 4) is 0 Å². The first-order valence-corrected chi connectivity index (χ1v) is 12.1. The molecule has 29 heavy (non-hydrogen) atoms. The average Bonchev–Trinajstić information content (AvgIpc) is 3.07. The molecule has 1 heterocycles. The van der Waals surface area contributed by atoms with Crippen molar-refractivity contribution >= 4 is 39.4 Å². The zero-order valence-corrected chi connectivity index (χ0v) is 19.5. The Hall–Kier alpha value is -1.53. The smallest absolute Gasteiger partial charge is 0.405 e. The molecular formula is C23H32N2O2S2. The molecule has 4 nitrogen and oxygen atoms in total. The number of thioether (sulfide) groups is 1. The van der Waals surface area contributed by atoms with Gasteiger partial charge in [0.25, 0.3) is 0 Å². The maximum absolute atomic E-state index is 11.3. The highest BCUT2D eigenvalue weighted by molar-refractivity contribution is 8.01. The number of benzene rings is 1. The van der Waals surface area contributed by atoms with Crippen molar-refractivity contribution in [1.82, 2.24) is 10.3 Å². The monoisotopic (exact) mass is 432 g/mol. The van der Waals surface area contributed by atoms with Crippen LogP contribution in [0, 0.1) is 11.3 Å². The summed E-state index contributed by atoms with van der Waals surface area (Å²) in [6.07, 6.45) is 6.54. The van der Waals surface area contributed by atoms with Crippen molar-refractivity contribution in [1.29, 1.82) is 0 Å². The lowest BCUT2D eigenvalue weighted by Crippen LogP contribution is -2.58. The van der Waals surface area contributed by atoms with Crippen molar-refractivity contribution in [2.75, 3.05) is 5.75 Å². The molecule has 6 heteroatoms. The molecule has 0 aliphatic heterocycles. The van der Waals surface area contributed by atoms with Gasteiger partial charge in [0, 0.05) is 11.3 Å². The largest absolute Gasteiger partial charge is 0.465 e. The van der Waals surface area contributed by atoms with E-state index in [1.54, 1.807) is 11.3 Å². The summed E-state index contributed by atoms with van der Waals surface area (Å²) in [4.78, 5) is 16.0. The highest BCUT2D eigenvalue weighted by Gasteiger charge is 2.45. The average molecular weight is 433 g/mol. The SMILES string of the molecule is CC(=CCC1CCC(NC(=O)O)(C(C)(C)C)CC1)CSc1nc2ccccc2s1. The van der Waals surface area contributed by atoms with E-state index >= 15 is 0 Å². The Bertz CT molecular complexity index is 841. The third-order valence-electron chi connectivity index (χ3n) is 6.24. The van der Waals surface area contributed by atoms with Crippen molar-refractivity contribution in [2.24, 2.45) is 11.3 Å². The molecule has 1 fully saturated rings. The second-order valence-electron chi connectivity index (χ2n) is 9.23. The van der Waals surface area contributed by atoms with E-state index in [-0.39, 0.29) is 11.0 Å². The number of rotatable bonds is 6. The third kappa shape index (κ3) is 5.54. The Morgan fingerprint density at radius 1 is 1.34 bits per heavy atom. The molecule has 158 valence electrons. The summed E-state index contributed by atoms with van der Waals surface area (Å²) in [5.41, 5.74) is 2.10. The Kier molecular flexibility index (Phi) is 6.94. The van der Waals surface area contributed by atoms with Crippen LogP contribution in [0.1, 0.15) is 59.8 Å². The van der Waals surface area contributed by atoms with Crippen LogP contribution < -0.4 is 5.32 Å². The van der Waals surface area contributed by atoms with Gasteiger partial charge >= 0.3 is 6.09 Å². The van der Waals surface area contributed by atoms with E-state index in [0.29, 0.717) is 5.92 Å². The quantitative estimate of drug-likeness (QED) is 0.382. The Morgan fingerprint density at radius 3 is 2.66 bits per heavy atom. The summed E-state index contributed by atoms with van der Waals surface area (Å²) in [5, 5.41) is 12.2. The molecule has 0 atom stereocenters. The van der Waals surface area contributed by atoms with Gasteiger partial charge in [-0.3, -0.25) is 0 Å². The molecule has 0 unspecified atom stereocenters. The first-order valence-electron chi connectivity index (χ1n) is 10.3. The molecular weight excluding hydrogens is 400 g/mol. The number of nitrogens with zero attached hydrogens (tertiary/aromatic N) is 1. The number of para-hydroxylation sites is 1. The predicted molar refractivity (Wildman–Crippen MR) is 124 cm³/mol. The maximum Gasteiger partial charge on any atom is 0.405 e. The van der Waals surface area contributed by atoms with Gasteiger partial charge in [0.15, 0.2) is 4.34 Å². The first-order chi connectivity index (χ1) is 13.7. The molecule has 1 saturated carbocycles. The van der Waals surface area contributed by atoms with Crippen LogP contribution in [0.15, 0.2) is 40.3 Å². The van der Waals surface area contributed by atoms with Crippen LogP contribution in [-0.2, 0) is 0 Å². The van der Waals surface area contributed by atoms with Gasteiger partial charge in [0.05, 0.1) is 10.2 Å². The molecule has 2 aromatic rings. The highest BCUT2D eigenvalue weighted by atomic mass is 32.2. The zero-order valence-electron chi connectivity index (χ0n) is 17.8. The summed E-state index contributed by atoms with van der Waals surface area (Å²) < 4.78 is 2.38. The van der Waals surface area contributed by atoms with Crippen LogP contribution in [-0.4, -0.2) is 27.5 Å². The van der Waals surface area contributed by atoms with Crippen LogP contribution in [0.5, 0.6) is 0 Å². The van der Waals surface area contributed by atoms with E-state index in [4.69, 9.17) is 4.98 Å². The van der Waals surface area contributed by atoms with Gasteiger partial charge in [-0.05, 0) is 62.5 Å². The molecule has 2 N–H and O–H groups in total. The Balaban J connectivity index is 1.50. The summed E-state index contributed by atoms with van der Waals surface area (Å²) in [5.74, 6) is 1.61. The number of thiazole rings is 1. The fourth-order valence-corrected chi connectivity index (χ4v) is 6.20. The zero-order chi connectivity index (χ0) is 21.1. The van der Waals surface area contributed by atoms with Gasteiger partial charge < -0.3 is 10.4 Å². The Morgan fingerprint density at radius 2 is 2.03 bits per heavy atom. The van der Waals surface area contributed by atoms with Crippen molar-refractivity contribution in [2.45, 2.75) is 69.7 Å². The topological polar surface area (TPSA) is 62.2 Å². The number of hydrogen-bond donors (Lipinski definition) is 2. The fourth-order valence-electron chi connectivity index (χ4n) is 4.19. The van der Waals surface area contributed by atoms with Crippen LogP contribution in [0.3, 0.4) is 0 Å². The van der Waals surface area contributed by atoms with Gasteiger partial charge in [0.1, 0.15) is 0 Å². The van der Waals surface area contributed by atoms with E-state index in [9.17, 15) is 9.90 Å². The molecule has 1 aliphatic rings. The van der Waals surface area contributed by atoms with Crippen molar-refractivity contribution in [3.63, 3.8) is 0 Å². The van der Waals surface area contributed by atoms with Crippen LogP contribution in [0.2, 0.25) is 0 Å². The molecule has 0 radical (unpaired) electrons. The van der Waals surface area contributed by atoms with Gasteiger partial charge in [-0.2, -0.15) is 0 Å². The highest BCUT2D eigenvalue weighted by Crippen LogP contribution is 2.44. The third-order valence-corrected chi connectivity index (χ3v) is 8.61. The lowest BCUT2D eigenvalue weighted by molar-refractivity contribution is 0.0679. The normalized spacial score (nSPS) is 23.3. The minimum Gasteiger partial charge on any atom is -0.465 e. The fraction of sp³-hybridized carbons (Fsp3) is 0.565. The lowest BCUT2D eigenvalue weighted by atomic mass is 9.63. The standard InChI is InChI=1S/C23H32N2O2S2/c1-16(15-28-21-24-18-7-5-6-8-19(18)29-21)9-10-17-11-13-23(14-12-17,22(2,3)4)25-20(26)27/h5-9,17,25H,10-15H2,1-4H3,(H,26,27). The lowest BCUT2D eigenvalue weighted by Gasteiger charge is -2.49. The minimum absolute atomic E-state index is 0.0734. The number of hydrogen-bond acceptors (Lipinski definition) is 4. The van der Waals surface area contributed by atoms with E-state index in [0.717, 1.165) is 47.7 Å². The summed E-state index contributed by atoms with van der Waals surface area (Å²) >= 11 is 3.58. The number of amides is 1. The second kappa shape index (κ2) is 9.09. The molecule has 1 aliphatic carbocycles. The van der Waals surface area contributed by atoms with Gasteiger partial charge in [0.2, 0.25) is 0 Å². The van der Waals surface area contributed by atoms with E-state index in [2.05, 4.69) is 57.3 Å². The number of carbonyl (C=O) groups is 1. The Labute approximate surface area is 182 Å². The number of allylic oxidation sites excluding steroid dienone is 1. The summed E-state index contributed by atoms with van der Waals surface area (Å²) in [6.45, 7) is 8.64. The number of carboxylic acid groups (broad SMARTS) is 1. The molecule has 1 aromatic heterocycles. The number of fused-ring (bicyclic) bond motifs is 1. The molecule has 0 bridgehead atoms. The predicted octanol–water partition coefficient (Wildman–Crippen LogP) is 6.97. The van der Waals surface area contributed by atoms with Crippen LogP contribution in [0.4, 0.5) is 4.79 Å². The summed E-state index contributed by atoms with van der Waals surface area (Å²) in [7, 11) is 0. The van der Waals surface area contributed by atoms with E-state index in [1.807, 2.05) is 17.8 Å². The van der Waals surface area contributed by atoms with Crippen LogP contribution in [0.25, 0.3) is 10.2 Å². The minimum atomic E-state index is -0.902. The molecule has 0 spiro atoms. The number of nitrogens with one attached hydrogen (secondary N) is 1. The first kappa shape index (κ1) is 22.2. The van der Waals surface area contributed by atoms with Crippen molar-refractivity contribution in [3.05, 3.63) is 35.9 Å². The van der Waals surface area contributed by atoms with Crippen LogP contribution >= 0.6 is 23.1 Å². The molecule has 1 amide bonds. The van der Waals surface area contributed by atoms with Crippen molar-refractivity contribution < 1.29 is 9.90 Å². The molecule has 1 aromatic carbocycles. The van der Waals surface area contributed by atoms with E-state index in [1.165, 1.54) is 10.3 Å². The molecule has 0 saturated heterocycles. The van der Waals surface area contributed by atoms with Gasteiger partial charge in [-0.15, -0.1) is 11.3 Å². The molecule has 3 rings (SSSR count). The van der Waals surface area contributed by atoms with Gasteiger partial charge in [-0.25, -0.2) is 9.78 Å². The van der Waals surface area contributed by atoms with E-state index < -0.39 is 6.09 Å². The number of aromatic nitrogens is 1. The maximum atomic E-state index is 11.3. The van der Waals surface area contributed by atoms with Gasteiger partial charge in [-0.1, -0.05) is 56.3 Å².